The zero-order valence-corrected chi connectivity index (χ0v) is 12.8. The van der Waals surface area contributed by atoms with E-state index in [1.54, 1.807) is 0 Å². The van der Waals surface area contributed by atoms with E-state index >= 15 is 0 Å². The van der Waals surface area contributed by atoms with Crippen molar-refractivity contribution in [3.63, 3.8) is 0 Å². The zero-order chi connectivity index (χ0) is 15.7. The van der Waals surface area contributed by atoms with Gasteiger partial charge in [-0.05, 0) is 48.6 Å². The van der Waals surface area contributed by atoms with Crippen LogP contribution in [0.3, 0.4) is 0 Å². The number of benzene rings is 2. The molecule has 2 aromatic carbocycles. The van der Waals surface area contributed by atoms with E-state index in [1.165, 1.54) is 11.1 Å². The number of aromatic amines is 1. The fraction of sp³-hybridized carbons (Fsp3) is 0.211. The maximum atomic E-state index is 11.0. The van der Waals surface area contributed by atoms with Gasteiger partial charge in [-0.2, -0.15) is 0 Å². The van der Waals surface area contributed by atoms with Crippen LogP contribution >= 0.6 is 0 Å². The van der Waals surface area contributed by atoms with E-state index < -0.39 is 5.97 Å². The van der Waals surface area contributed by atoms with Crippen LogP contribution in [0.25, 0.3) is 22.2 Å². The third-order valence-corrected chi connectivity index (χ3v) is 3.99. The molecule has 0 saturated heterocycles. The Hall–Kier alpha value is -2.55. The van der Waals surface area contributed by atoms with Crippen molar-refractivity contribution in [1.82, 2.24) is 4.98 Å². The summed E-state index contributed by atoms with van der Waals surface area (Å²) in [6, 6.07) is 14.4. The molecular formula is C19H19NO2. The van der Waals surface area contributed by atoms with E-state index in [0.717, 1.165) is 27.7 Å². The molecule has 0 saturated carbocycles. The first-order chi connectivity index (χ1) is 10.6. The van der Waals surface area contributed by atoms with Crippen molar-refractivity contribution in [3.8, 4) is 11.3 Å². The van der Waals surface area contributed by atoms with Crippen molar-refractivity contribution in [2.45, 2.75) is 26.7 Å². The lowest BCUT2D eigenvalue weighted by Gasteiger charge is -2.05. The SMILES string of the molecule is Cc1cc(C)c2c(CCC(=O)O)c(-c3ccccc3)[nH]c2c1. The van der Waals surface area contributed by atoms with Gasteiger partial charge < -0.3 is 10.1 Å². The minimum absolute atomic E-state index is 0.139. The second-order valence-corrected chi connectivity index (χ2v) is 5.74. The van der Waals surface area contributed by atoms with Crippen molar-refractivity contribution in [2.75, 3.05) is 0 Å². The first-order valence-electron chi connectivity index (χ1n) is 7.45. The largest absolute Gasteiger partial charge is 0.481 e. The second-order valence-electron chi connectivity index (χ2n) is 5.74. The predicted octanol–water partition coefficient (Wildman–Crippen LogP) is 4.47. The Balaban J connectivity index is 2.24. The van der Waals surface area contributed by atoms with Crippen LogP contribution in [0, 0.1) is 13.8 Å². The summed E-state index contributed by atoms with van der Waals surface area (Å²) in [5.41, 5.74) is 6.70. The average Bonchev–Trinajstić information content (AvgIpc) is 2.84. The topological polar surface area (TPSA) is 53.1 Å². The summed E-state index contributed by atoms with van der Waals surface area (Å²) in [7, 11) is 0. The minimum Gasteiger partial charge on any atom is -0.481 e. The van der Waals surface area contributed by atoms with Gasteiger partial charge in [0.15, 0.2) is 0 Å². The molecule has 0 spiro atoms. The van der Waals surface area contributed by atoms with E-state index in [4.69, 9.17) is 5.11 Å². The number of fused-ring (bicyclic) bond motifs is 1. The molecule has 0 fully saturated rings. The lowest BCUT2D eigenvalue weighted by atomic mass is 9.98. The molecule has 3 rings (SSSR count). The van der Waals surface area contributed by atoms with Crippen LogP contribution in [-0.4, -0.2) is 16.1 Å². The monoisotopic (exact) mass is 293 g/mol. The van der Waals surface area contributed by atoms with Crippen LogP contribution < -0.4 is 0 Å². The van der Waals surface area contributed by atoms with Gasteiger partial charge in [0.25, 0.3) is 0 Å². The molecule has 0 aliphatic rings. The molecule has 22 heavy (non-hydrogen) atoms. The highest BCUT2D eigenvalue weighted by molar-refractivity contribution is 5.94. The fourth-order valence-electron chi connectivity index (χ4n) is 3.14. The molecule has 112 valence electrons. The highest BCUT2D eigenvalue weighted by Gasteiger charge is 2.16. The third-order valence-electron chi connectivity index (χ3n) is 3.99. The fourth-order valence-corrected chi connectivity index (χ4v) is 3.14. The smallest absolute Gasteiger partial charge is 0.303 e. The Bertz CT molecular complexity index is 832. The van der Waals surface area contributed by atoms with E-state index in [-0.39, 0.29) is 6.42 Å². The molecule has 1 aromatic heterocycles. The number of carboxylic acids is 1. The van der Waals surface area contributed by atoms with Gasteiger partial charge in [0.2, 0.25) is 0 Å². The summed E-state index contributed by atoms with van der Waals surface area (Å²) in [5.74, 6) is -0.766. The number of carbonyl (C=O) groups is 1. The Morgan fingerprint density at radius 2 is 1.86 bits per heavy atom. The number of nitrogens with one attached hydrogen (secondary N) is 1. The number of rotatable bonds is 4. The van der Waals surface area contributed by atoms with Gasteiger partial charge in [0.05, 0.1) is 0 Å². The normalized spacial score (nSPS) is 11.0. The van der Waals surface area contributed by atoms with Crippen LogP contribution in [-0.2, 0) is 11.2 Å². The Morgan fingerprint density at radius 3 is 2.55 bits per heavy atom. The molecule has 0 atom stereocenters. The molecule has 0 radical (unpaired) electrons. The average molecular weight is 293 g/mol. The minimum atomic E-state index is -0.766. The third kappa shape index (κ3) is 2.62. The second kappa shape index (κ2) is 5.68. The van der Waals surface area contributed by atoms with E-state index in [2.05, 4.69) is 43.1 Å². The van der Waals surface area contributed by atoms with Gasteiger partial charge in [0, 0.05) is 23.0 Å². The van der Waals surface area contributed by atoms with Crippen LogP contribution in [0.2, 0.25) is 0 Å². The highest BCUT2D eigenvalue weighted by Crippen LogP contribution is 2.33. The van der Waals surface area contributed by atoms with Crippen LogP contribution in [0.4, 0.5) is 0 Å². The van der Waals surface area contributed by atoms with Gasteiger partial charge in [-0.25, -0.2) is 0 Å². The summed E-state index contributed by atoms with van der Waals surface area (Å²) in [5, 5.41) is 10.2. The molecule has 3 nitrogen and oxygen atoms in total. The Morgan fingerprint density at radius 1 is 1.14 bits per heavy atom. The lowest BCUT2D eigenvalue weighted by Crippen LogP contribution is -1.98. The molecule has 3 heteroatoms. The first-order valence-corrected chi connectivity index (χ1v) is 7.45. The molecule has 2 N–H and O–H groups in total. The number of aliphatic carboxylic acids is 1. The predicted molar refractivity (Wildman–Crippen MR) is 89.2 cm³/mol. The van der Waals surface area contributed by atoms with Gasteiger partial charge in [-0.15, -0.1) is 0 Å². The van der Waals surface area contributed by atoms with Gasteiger partial charge >= 0.3 is 5.97 Å². The van der Waals surface area contributed by atoms with Crippen LogP contribution in [0.15, 0.2) is 42.5 Å². The molecule has 0 bridgehead atoms. The molecule has 1 heterocycles. The maximum Gasteiger partial charge on any atom is 0.303 e. The number of H-pyrrole nitrogens is 1. The quantitative estimate of drug-likeness (QED) is 0.745. The molecule has 0 aliphatic heterocycles. The maximum absolute atomic E-state index is 11.0. The number of hydrogen-bond donors (Lipinski definition) is 2. The van der Waals surface area contributed by atoms with Crippen LogP contribution in [0.5, 0.6) is 0 Å². The summed E-state index contributed by atoms with van der Waals surface area (Å²) >= 11 is 0. The molecule has 0 unspecified atom stereocenters. The van der Waals surface area contributed by atoms with Crippen molar-refractivity contribution in [1.29, 1.82) is 0 Å². The summed E-state index contributed by atoms with van der Waals surface area (Å²) in [6.07, 6.45) is 0.670. The van der Waals surface area contributed by atoms with Gasteiger partial charge in [0.1, 0.15) is 0 Å². The van der Waals surface area contributed by atoms with Crippen molar-refractivity contribution in [3.05, 3.63) is 59.2 Å². The van der Waals surface area contributed by atoms with Crippen molar-refractivity contribution >= 4 is 16.9 Å². The highest BCUT2D eigenvalue weighted by atomic mass is 16.4. The van der Waals surface area contributed by atoms with Crippen molar-refractivity contribution < 1.29 is 9.90 Å². The number of carboxylic acid groups (broad SMARTS) is 1. The number of aryl methyl sites for hydroxylation is 3. The summed E-state index contributed by atoms with van der Waals surface area (Å²) in [6.45, 7) is 4.16. The first kappa shape index (κ1) is 14.4. The summed E-state index contributed by atoms with van der Waals surface area (Å²) in [4.78, 5) is 14.5. The number of aromatic nitrogens is 1. The van der Waals surface area contributed by atoms with E-state index in [9.17, 15) is 4.79 Å². The van der Waals surface area contributed by atoms with Gasteiger partial charge in [-0.3, -0.25) is 4.79 Å². The Kier molecular flexibility index (Phi) is 3.72. The van der Waals surface area contributed by atoms with E-state index in [0.29, 0.717) is 6.42 Å². The van der Waals surface area contributed by atoms with Crippen molar-refractivity contribution in [2.24, 2.45) is 0 Å². The lowest BCUT2D eigenvalue weighted by molar-refractivity contribution is -0.136. The molecule has 0 amide bonds. The number of hydrogen-bond acceptors (Lipinski definition) is 1. The molecular weight excluding hydrogens is 274 g/mol. The van der Waals surface area contributed by atoms with E-state index in [1.807, 2.05) is 18.2 Å². The standard InChI is InChI=1S/C19H19NO2/c1-12-10-13(2)18-15(8-9-17(21)22)19(20-16(18)11-12)14-6-4-3-5-7-14/h3-7,10-11,20H,8-9H2,1-2H3,(H,21,22). The Labute approximate surface area is 129 Å². The van der Waals surface area contributed by atoms with Gasteiger partial charge in [-0.1, -0.05) is 36.4 Å². The molecule has 0 aliphatic carbocycles. The zero-order valence-electron chi connectivity index (χ0n) is 12.8. The molecule has 3 aromatic rings. The van der Waals surface area contributed by atoms with Crippen LogP contribution in [0.1, 0.15) is 23.1 Å². The summed E-state index contributed by atoms with van der Waals surface area (Å²) < 4.78 is 0.